The lowest BCUT2D eigenvalue weighted by molar-refractivity contribution is 0.0130. The molecule has 2 rings (SSSR count). The second kappa shape index (κ2) is 7.68. The Bertz CT molecular complexity index is 489. The molecule has 0 bridgehead atoms. The van der Waals surface area contributed by atoms with Gasteiger partial charge in [0.15, 0.2) is 5.96 Å². The predicted molar refractivity (Wildman–Crippen MR) is 90.9 cm³/mol. The van der Waals surface area contributed by atoms with Crippen LogP contribution in [-0.4, -0.2) is 46.3 Å². The van der Waals surface area contributed by atoms with Crippen molar-refractivity contribution in [3.8, 4) is 0 Å². The molecule has 22 heavy (non-hydrogen) atoms. The quantitative estimate of drug-likeness (QED) is 0.647. The molecule has 0 aromatic carbocycles. The van der Waals surface area contributed by atoms with Crippen LogP contribution in [0.15, 0.2) is 23.3 Å². The van der Waals surface area contributed by atoms with Crippen molar-refractivity contribution in [3.63, 3.8) is 0 Å². The van der Waals surface area contributed by atoms with Gasteiger partial charge in [-0.15, -0.1) is 0 Å². The molecule has 1 aliphatic carbocycles. The average molecular weight is 306 g/mol. The molecule has 0 aliphatic heterocycles. The summed E-state index contributed by atoms with van der Waals surface area (Å²) in [5, 5.41) is 13.9. The van der Waals surface area contributed by atoms with Gasteiger partial charge in [-0.1, -0.05) is 19.3 Å². The third kappa shape index (κ3) is 4.50. The summed E-state index contributed by atoms with van der Waals surface area (Å²) < 4.78 is 2.12. The minimum atomic E-state index is -0.606. The Morgan fingerprint density at radius 3 is 2.73 bits per heavy atom. The molecule has 1 heterocycles. The molecule has 0 atom stereocenters. The average Bonchev–Trinajstić information content (AvgIpc) is 2.89. The van der Waals surface area contributed by atoms with Crippen LogP contribution in [0.4, 0.5) is 0 Å². The Balaban J connectivity index is 2.01. The maximum atomic E-state index is 10.6. The molecule has 5 heteroatoms. The summed E-state index contributed by atoms with van der Waals surface area (Å²) in [6, 6.07) is 4.17. The van der Waals surface area contributed by atoms with Gasteiger partial charge in [0.05, 0.1) is 18.7 Å². The zero-order valence-electron chi connectivity index (χ0n) is 14.2. The lowest BCUT2D eigenvalue weighted by Gasteiger charge is -2.31. The Hall–Kier alpha value is -1.49. The molecule has 1 aliphatic rings. The molecule has 1 fully saturated rings. The maximum absolute atomic E-state index is 10.6. The summed E-state index contributed by atoms with van der Waals surface area (Å²) in [4.78, 5) is 6.81. The van der Waals surface area contributed by atoms with Crippen molar-refractivity contribution in [2.45, 2.75) is 51.2 Å². The zero-order chi connectivity index (χ0) is 16.0. The lowest BCUT2D eigenvalue weighted by Crippen LogP contribution is -2.41. The van der Waals surface area contributed by atoms with E-state index in [2.05, 4.69) is 47.1 Å². The van der Waals surface area contributed by atoms with Crippen LogP contribution < -0.4 is 5.32 Å². The third-order valence-electron chi connectivity index (χ3n) is 4.45. The number of hydrogen-bond donors (Lipinski definition) is 2. The van der Waals surface area contributed by atoms with E-state index in [9.17, 15) is 5.11 Å². The van der Waals surface area contributed by atoms with Crippen LogP contribution in [0.5, 0.6) is 0 Å². The van der Waals surface area contributed by atoms with E-state index in [0.717, 1.165) is 44.7 Å². The van der Waals surface area contributed by atoms with Crippen molar-refractivity contribution in [1.29, 1.82) is 0 Å². The summed E-state index contributed by atoms with van der Waals surface area (Å²) >= 11 is 0. The van der Waals surface area contributed by atoms with Crippen molar-refractivity contribution in [3.05, 3.63) is 24.0 Å². The van der Waals surface area contributed by atoms with E-state index in [0.29, 0.717) is 6.54 Å². The van der Waals surface area contributed by atoms with Gasteiger partial charge in [0.2, 0.25) is 0 Å². The SMILES string of the molecule is CCNC(=NCC1(O)CCCCC1)N(C)Cc1cccn1C. The Morgan fingerprint density at radius 2 is 2.14 bits per heavy atom. The fourth-order valence-corrected chi connectivity index (χ4v) is 3.04. The van der Waals surface area contributed by atoms with Crippen LogP contribution in [0, 0.1) is 0 Å². The van der Waals surface area contributed by atoms with Crippen LogP contribution in [0.2, 0.25) is 0 Å². The summed E-state index contributed by atoms with van der Waals surface area (Å²) in [7, 11) is 4.09. The fourth-order valence-electron chi connectivity index (χ4n) is 3.04. The van der Waals surface area contributed by atoms with Crippen LogP contribution in [0.25, 0.3) is 0 Å². The number of aliphatic imine (C=N–C) groups is 1. The Morgan fingerprint density at radius 1 is 1.41 bits per heavy atom. The predicted octanol–water partition coefficient (Wildman–Crippen LogP) is 2.12. The topological polar surface area (TPSA) is 52.8 Å². The molecule has 1 saturated carbocycles. The van der Waals surface area contributed by atoms with Crippen molar-refractivity contribution < 1.29 is 5.11 Å². The monoisotopic (exact) mass is 306 g/mol. The number of aliphatic hydroxyl groups is 1. The highest BCUT2D eigenvalue weighted by atomic mass is 16.3. The van der Waals surface area contributed by atoms with Gasteiger partial charge in [0, 0.05) is 32.5 Å². The molecule has 124 valence electrons. The summed E-state index contributed by atoms with van der Waals surface area (Å²) in [6.45, 7) is 4.19. The lowest BCUT2D eigenvalue weighted by atomic mass is 9.85. The van der Waals surface area contributed by atoms with Gasteiger partial charge in [-0.25, -0.2) is 0 Å². The number of hydrogen-bond acceptors (Lipinski definition) is 2. The van der Waals surface area contributed by atoms with E-state index >= 15 is 0 Å². The Labute approximate surface area is 134 Å². The van der Waals surface area contributed by atoms with E-state index in [1.165, 1.54) is 12.1 Å². The normalized spacial score (nSPS) is 18.3. The molecule has 0 saturated heterocycles. The highest BCUT2D eigenvalue weighted by Crippen LogP contribution is 2.28. The first-order chi connectivity index (χ1) is 10.5. The van der Waals surface area contributed by atoms with Gasteiger partial charge in [-0.05, 0) is 31.9 Å². The van der Waals surface area contributed by atoms with Gasteiger partial charge >= 0.3 is 0 Å². The molecular weight excluding hydrogens is 276 g/mol. The molecule has 1 aromatic heterocycles. The van der Waals surface area contributed by atoms with E-state index in [1.54, 1.807) is 0 Å². The van der Waals surface area contributed by atoms with Gasteiger partial charge in [0.25, 0.3) is 0 Å². The van der Waals surface area contributed by atoms with Crippen LogP contribution in [0.1, 0.15) is 44.7 Å². The summed E-state index contributed by atoms with van der Waals surface area (Å²) in [5.74, 6) is 0.864. The van der Waals surface area contributed by atoms with Crippen molar-refractivity contribution in [2.75, 3.05) is 20.1 Å². The molecule has 1 aromatic rings. The third-order valence-corrected chi connectivity index (χ3v) is 4.45. The maximum Gasteiger partial charge on any atom is 0.194 e. The number of rotatable bonds is 5. The number of nitrogens with zero attached hydrogens (tertiary/aromatic N) is 3. The van der Waals surface area contributed by atoms with Gasteiger partial charge in [0.1, 0.15) is 0 Å². The molecule has 2 N–H and O–H groups in total. The van der Waals surface area contributed by atoms with Gasteiger partial charge in [-0.3, -0.25) is 4.99 Å². The molecule has 0 unspecified atom stereocenters. The van der Waals surface area contributed by atoms with Gasteiger partial charge in [-0.2, -0.15) is 0 Å². The summed E-state index contributed by atoms with van der Waals surface area (Å²) in [5.41, 5.74) is 0.634. The smallest absolute Gasteiger partial charge is 0.194 e. The Kier molecular flexibility index (Phi) is 5.89. The minimum Gasteiger partial charge on any atom is -0.388 e. The molecule has 5 nitrogen and oxygen atoms in total. The first-order valence-electron chi connectivity index (χ1n) is 8.36. The highest BCUT2D eigenvalue weighted by molar-refractivity contribution is 5.79. The van der Waals surface area contributed by atoms with E-state index in [1.807, 2.05) is 7.05 Å². The standard InChI is InChI=1S/C17H30N4O/c1-4-18-16(19-14-17(22)10-6-5-7-11-17)21(3)13-15-9-8-12-20(15)2/h8-9,12,22H,4-7,10-11,13-14H2,1-3H3,(H,18,19). The first kappa shape index (κ1) is 16.9. The van der Waals surface area contributed by atoms with E-state index < -0.39 is 5.60 Å². The van der Waals surface area contributed by atoms with E-state index in [4.69, 9.17) is 4.99 Å². The summed E-state index contributed by atoms with van der Waals surface area (Å²) in [6.07, 6.45) is 7.26. The minimum absolute atomic E-state index is 0.493. The van der Waals surface area contributed by atoms with E-state index in [-0.39, 0.29) is 0 Å². The largest absolute Gasteiger partial charge is 0.388 e. The van der Waals surface area contributed by atoms with Crippen molar-refractivity contribution >= 4 is 5.96 Å². The number of guanidine groups is 1. The van der Waals surface area contributed by atoms with Crippen molar-refractivity contribution in [2.24, 2.45) is 12.0 Å². The zero-order valence-corrected chi connectivity index (χ0v) is 14.2. The first-order valence-corrected chi connectivity index (χ1v) is 8.36. The van der Waals surface area contributed by atoms with Crippen LogP contribution in [0.3, 0.4) is 0 Å². The number of aromatic nitrogens is 1. The molecular formula is C17H30N4O. The van der Waals surface area contributed by atoms with Gasteiger partial charge < -0.3 is 19.9 Å². The van der Waals surface area contributed by atoms with Crippen LogP contribution in [-0.2, 0) is 13.6 Å². The molecule has 0 spiro atoms. The fraction of sp³-hybridized carbons (Fsp3) is 0.706. The molecule has 0 amide bonds. The second-order valence-corrected chi connectivity index (χ2v) is 6.42. The second-order valence-electron chi connectivity index (χ2n) is 6.42. The van der Waals surface area contributed by atoms with Crippen molar-refractivity contribution in [1.82, 2.24) is 14.8 Å². The highest BCUT2D eigenvalue weighted by Gasteiger charge is 2.29. The number of nitrogens with one attached hydrogen (secondary N) is 1. The number of aryl methyl sites for hydroxylation is 1. The molecule has 0 radical (unpaired) electrons. The van der Waals surface area contributed by atoms with Crippen LogP contribution >= 0.6 is 0 Å².